The Kier molecular flexibility index (Phi) is 3.48. The maximum absolute atomic E-state index is 12.2. The Balaban J connectivity index is 1.76. The largest absolute Gasteiger partial charge is 0.497 e. The molecule has 6 heteroatoms. The summed E-state index contributed by atoms with van der Waals surface area (Å²) < 4.78 is 7.88. The average Bonchev–Trinajstić information content (AvgIpc) is 2.81. The van der Waals surface area contributed by atoms with Gasteiger partial charge in [0.15, 0.2) is 0 Å². The molecule has 0 unspecified atom stereocenters. The second-order valence-electron chi connectivity index (χ2n) is 4.68. The SMILES string of the molecule is COc1ccc(CN2Cc3ncc(Br)n3CC2=O)cc1. The van der Waals surface area contributed by atoms with Crippen molar-refractivity contribution in [2.45, 2.75) is 19.6 Å². The van der Waals surface area contributed by atoms with Crippen LogP contribution in [-0.4, -0.2) is 27.5 Å². The van der Waals surface area contributed by atoms with E-state index in [1.807, 2.05) is 33.7 Å². The highest BCUT2D eigenvalue weighted by Gasteiger charge is 2.25. The number of ether oxygens (including phenoxy) is 1. The van der Waals surface area contributed by atoms with E-state index < -0.39 is 0 Å². The molecule has 1 aromatic carbocycles. The van der Waals surface area contributed by atoms with Gasteiger partial charge in [-0.2, -0.15) is 0 Å². The van der Waals surface area contributed by atoms with Crippen LogP contribution in [0, 0.1) is 0 Å². The lowest BCUT2D eigenvalue weighted by molar-refractivity contribution is -0.134. The van der Waals surface area contributed by atoms with Crippen molar-refractivity contribution in [2.75, 3.05) is 7.11 Å². The fourth-order valence-corrected chi connectivity index (χ4v) is 2.71. The highest BCUT2D eigenvalue weighted by molar-refractivity contribution is 9.10. The van der Waals surface area contributed by atoms with Gasteiger partial charge in [0.2, 0.25) is 5.91 Å². The van der Waals surface area contributed by atoms with Crippen LogP contribution in [0.15, 0.2) is 35.1 Å². The molecule has 0 aliphatic carbocycles. The van der Waals surface area contributed by atoms with E-state index in [9.17, 15) is 4.79 Å². The maximum Gasteiger partial charge on any atom is 0.243 e. The number of halogens is 1. The third-order valence-electron chi connectivity index (χ3n) is 3.40. The van der Waals surface area contributed by atoms with Gasteiger partial charge in [0.25, 0.3) is 0 Å². The lowest BCUT2D eigenvalue weighted by Crippen LogP contribution is -2.38. The van der Waals surface area contributed by atoms with Crippen LogP contribution < -0.4 is 4.74 Å². The summed E-state index contributed by atoms with van der Waals surface area (Å²) in [7, 11) is 1.64. The van der Waals surface area contributed by atoms with E-state index in [0.29, 0.717) is 19.6 Å². The van der Waals surface area contributed by atoms with Gasteiger partial charge in [0.05, 0.1) is 19.9 Å². The van der Waals surface area contributed by atoms with Crippen LogP contribution in [0.25, 0.3) is 0 Å². The summed E-state index contributed by atoms with van der Waals surface area (Å²) in [6, 6.07) is 7.76. The Morgan fingerprint density at radius 3 is 2.75 bits per heavy atom. The van der Waals surface area contributed by atoms with Crippen LogP contribution in [0.5, 0.6) is 5.75 Å². The fraction of sp³-hybridized carbons (Fsp3) is 0.286. The Hall–Kier alpha value is -1.82. The van der Waals surface area contributed by atoms with E-state index in [-0.39, 0.29) is 5.91 Å². The fourth-order valence-electron chi connectivity index (χ4n) is 2.27. The van der Waals surface area contributed by atoms with E-state index >= 15 is 0 Å². The minimum atomic E-state index is 0.104. The summed E-state index contributed by atoms with van der Waals surface area (Å²) in [4.78, 5) is 18.3. The van der Waals surface area contributed by atoms with Gasteiger partial charge in [-0.3, -0.25) is 4.79 Å². The number of carbonyl (C=O) groups is 1. The van der Waals surface area contributed by atoms with E-state index in [4.69, 9.17) is 4.74 Å². The molecule has 2 aromatic rings. The van der Waals surface area contributed by atoms with Gasteiger partial charge in [-0.1, -0.05) is 12.1 Å². The van der Waals surface area contributed by atoms with Gasteiger partial charge >= 0.3 is 0 Å². The number of carbonyl (C=O) groups excluding carboxylic acids is 1. The molecule has 5 nitrogen and oxygen atoms in total. The maximum atomic E-state index is 12.2. The molecule has 0 saturated carbocycles. The molecule has 104 valence electrons. The second-order valence-corrected chi connectivity index (χ2v) is 5.49. The highest BCUT2D eigenvalue weighted by Crippen LogP contribution is 2.21. The zero-order valence-corrected chi connectivity index (χ0v) is 12.6. The number of imidazole rings is 1. The summed E-state index contributed by atoms with van der Waals surface area (Å²) >= 11 is 3.40. The molecule has 1 aliphatic rings. The molecular weight excluding hydrogens is 322 g/mol. The van der Waals surface area contributed by atoms with Crippen LogP contribution in [0.2, 0.25) is 0 Å². The molecule has 1 aliphatic heterocycles. The standard InChI is InChI=1S/C14H14BrN3O2/c1-20-11-4-2-10(3-5-11)7-17-8-13-16-6-12(15)18(13)9-14(17)19/h2-6H,7-9H2,1H3. The number of amides is 1. The number of aromatic nitrogens is 2. The lowest BCUT2D eigenvalue weighted by atomic mass is 10.2. The van der Waals surface area contributed by atoms with Crippen molar-refractivity contribution in [1.82, 2.24) is 14.5 Å². The number of hydrogen-bond donors (Lipinski definition) is 0. The number of hydrogen-bond acceptors (Lipinski definition) is 3. The molecule has 0 bridgehead atoms. The van der Waals surface area contributed by atoms with Gasteiger partial charge < -0.3 is 14.2 Å². The third-order valence-corrected chi connectivity index (χ3v) is 4.03. The van der Waals surface area contributed by atoms with Crippen molar-refractivity contribution in [1.29, 1.82) is 0 Å². The number of methoxy groups -OCH3 is 1. The number of rotatable bonds is 3. The third kappa shape index (κ3) is 2.43. The smallest absolute Gasteiger partial charge is 0.243 e. The van der Waals surface area contributed by atoms with Gasteiger partial charge in [0, 0.05) is 6.54 Å². The van der Waals surface area contributed by atoms with Crippen molar-refractivity contribution in [3.05, 3.63) is 46.5 Å². The topological polar surface area (TPSA) is 47.4 Å². The minimum Gasteiger partial charge on any atom is -0.497 e. The molecule has 2 heterocycles. The van der Waals surface area contributed by atoms with Crippen molar-refractivity contribution >= 4 is 21.8 Å². The predicted molar refractivity (Wildman–Crippen MR) is 77.2 cm³/mol. The average molecular weight is 336 g/mol. The lowest BCUT2D eigenvalue weighted by Gasteiger charge is -2.28. The van der Waals surface area contributed by atoms with Crippen molar-refractivity contribution in [3.63, 3.8) is 0 Å². The first-order valence-corrected chi connectivity index (χ1v) is 7.07. The van der Waals surface area contributed by atoms with Gasteiger partial charge in [-0.25, -0.2) is 4.98 Å². The monoisotopic (exact) mass is 335 g/mol. The molecule has 0 atom stereocenters. The molecule has 3 rings (SSSR count). The summed E-state index contributed by atoms with van der Waals surface area (Å²) in [5.41, 5.74) is 1.08. The van der Waals surface area contributed by atoms with Crippen molar-refractivity contribution < 1.29 is 9.53 Å². The minimum absolute atomic E-state index is 0.104. The first-order chi connectivity index (χ1) is 9.67. The summed E-state index contributed by atoms with van der Waals surface area (Å²) in [5.74, 6) is 1.83. The highest BCUT2D eigenvalue weighted by atomic mass is 79.9. The van der Waals surface area contributed by atoms with Crippen LogP contribution >= 0.6 is 15.9 Å². The molecular formula is C14H14BrN3O2. The predicted octanol–water partition coefficient (Wildman–Crippen LogP) is 2.20. The van der Waals surface area contributed by atoms with Gasteiger partial charge in [-0.15, -0.1) is 0 Å². The van der Waals surface area contributed by atoms with E-state index in [1.54, 1.807) is 13.3 Å². The molecule has 1 aromatic heterocycles. The number of benzene rings is 1. The van der Waals surface area contributed by atoms with E-state index in [2.05, 4.69) is 20.9 Å². The normalized spacial score (nSPS) is 14.3. The second kappa shape index (κ2) is 5.28. The van der Waals surface area contributed by atoms with E-state index in [1.165, 1.54) is 0 Å². The van der Waals surface area contributed by atoms with Crippen LogP contribution in [-0.2, 0) is 24.4 Å². The molecule has 0 N–H and O–H groups in total. The van der Waals surface area contributed by atoms with Gasteiger partial charge in [0.1, 0.15) is 22.7 Å². The molecule has 0 radical (unpaired) electrons. The molecule has 0 fully saturated rings. The summed E-state index contributed by atoms with van der Waals surface area (Å²) in [5, 5.41) is 0. The number of nitrogens with zero attached hydrogens (tertiary/aromatic N) is 3. The first-order valence-electron chi connectivity index (χ1n) is 6.28. The van der Waals surface area contributed by atoms with Crippen molar-refractivity contribution in [3.8, 4) is 5.75 Å². The Labute approximate surface area is 125 Å². The van der Waals surface area contributed by atoms with Gasteiger partial charge in [-0.05, 0) is 33.6 Å². The summed E-state index contributed by atoms with van der Waals surface area (Å²) in [6.07, 6.45) is 1.74. The number of fused-ring (bicyclic) bond motifs is 1. The quantitative estimate of drug-likeness (QED) is 0.863. The van der Waals surface area contributed by atoms with Crippen LogP contribution in [0.1, 0.15) is 11.4 Å². The Morgan fingerprint density at radius 2 is 2.05 bits per heavy atom. The Morgan fingerprint density at radius 1 is 1.30 bits per heavy atom. The molecule has 0 spiro atoms. The van der Waals surface area contributed by atoms with Crippen LogP contribution in [0.3, 0.4) is 0 Å². The Bertz CT molecular complexity index is 636. The zero-order valence-electron chi connectivity index (χ0n) is 11.0. The van der Waals surface area contributed by atoms with E-state index in [0.717, 1.165) is 21.7 Å². The first kappa shape index (κ1) is 13.2. The molecule has 0 saturated heterocycles. The summed E-state index contributed by atoms with van der Waals surface area (Å²) in [6.45, 7) is 1.47. The molecule has 20 heavy (non-hydrogen) atoms. The van der Waals surface area contributed by atoms with Crippen molar-refractivity contribution in [2.24, 2.45) is 0 Å². The zero-order chi connectivity index (χ0) is 14.1. The van der Waals surface area contributed by atoms with Crippen LogP contribution in [0.4, 0.5) is 0 Å². The molecule has 1 amide bonds.